The molecule has 5 aromatic rings. The van der Waals surface area contributed by atoms with Gasteiger partial charge in [-0.3, -0.25) is 4.90 Å². The number of hydrogen-bond donors (Lipinski definition) is 2. The minimum absolute atomic E-state index is 0.0123. The van der Waals surface area contributed by atoms with Crippen molar-refractivity contribution < 1.29 is 32.5 Å². The van der Waals surface area contributed by atoms with Crippen molar-refractivity contribution in [1.29, 1.82) is 0 Å². The van der Waals surface area contributed by atoms with Crippen molar-refractivity contribution in [2.24, 2.45) is 0 Å². The van der Waals surface area contributed by atoms with E-state index in [4.69, 9.17) is 18.9 Å². The zero-order valence-electron chi connectivity index (χ0n) is 29.4. The molecule has 0 radical (unpaired) electrons. The molecule has 5 aromatic carbocycles. The molecule has 3 unspecified atom stereocenters. The lowest BCUT2D eigenvalue weighted by Crippen LogP contribution is -2.41. The van der Waals surface area contributed by atoms with Crippen LogP contribution >= 0.6 is 0 Å². The van der Waals surface area contributed by atoms with E-state index in [0.717, 1.165) is 70.9 Å². The first-order valence-electron chi connectivity index (χ1n) is 17.5. The number of hydrogen-bond acceptors (Lipinski definition) is 8. The second kappa shape index (κ2) is 16.0. The average Bonchev–Trinajstić information content (AvgIpc) is 3.20. The second-order valence-corrected chi connectivity index (χ2v) is 15.0. The van der Waals surface area contributed by atoms with Crippen LogP contribution < -0.4 is 14.2 Å². The molecule has 1 saturated heterocycles. The fraction of sp³-hybridized carbons (Fsp3) is 0.286. The van der Waals surface area contributed by atoms with Crippen LogP contribution in [0.4, 0.5) is 0 Å². The van der Waals surface area contributed by atoms with Gasteiger partial charge in [-0.05, 0) is 69.6 Å². The Bertz CT molecular complexity index is 2070. The summed E-state index contributed by atoms with van der Waals surface area (Å²) >= 11 is 0. The predicted octanol–water partition coefficient (Wildman–Crippen LogP) is 6.95. The van der Waals surface area contributed by atoms with Gasteiger partial charge in [0.2, 0.25) is 10.0 Å². The first-order valence-corrected chi connectivity index (χ1v) is 19.0. The second-order valence-electron chi connectivity index (χ2n) is 13.2. The molecule has 9 nitrogen and oxygen atoms in total. The van der Waals surface area contributed by atoms with Crippen molar-refractivity contribution in [2.45, 2.75) is 55.9 Å². The quantitative estimate of drug-likeness (QED) is 0.143. The standard InChI is InChI=1S/C42H44N2O7S/c1-48-40-22-33-20-21-44(26-35(33)23-41(40)49-2)27-36-24-39(31-14-12-29(28-45)13-15-31)51-42(50-36)32-18-16-30(17-19-32)38-11-7-6-8-34(38)25-43-52(46,47)37-9-4-3-5-10-37/h3-19,22-23,36,39,42-43,45H,20-21,24-28H2,1-2H3. The van der Waals surface area contributed by atoms with E-state index in [-0.39, 0.29) is 30.3 Å². The van der Waals surface area contributed by atoms with E-state index in [1.165, 1.54) is 11.1 Å². The topological polar surface area (TPSA) is 107 Å². The normalized spacial score (nSPS) is 19.2. The largest absolute Gasteiger partial charge is 0.493 e. The first-order chi connectivity index (χ1) is 25.3. The monoisotopic (exact) mass is 720 g/mol. The maximum Gasteiger partial charge on any atom is 0.240 e. The number of aliphatic hydroxyl groups excluding tert-OH is 1. The molecule has 270 valence electrons. The summed E-state index contributed by atoms with van der Waals surface area (Å²) in [6.07, 6.45) is 0.709. The van der Waals surface area contributed by atoms with Crippen LogP contribution in [0, 0.1) is 0 Å². The molecule has 0 aromatic heterocycles. The molecule has 0 spiro atoms. The Morgan fingerprint density at radius 2 is 1.48 bits per heavy atom. The minimum atomic E-state index is -3.66. The summed E-state index contributed by atoms with van der Waals surface area (Å²) in [5, 5.41) is 9.62. The molecule has 3 atom stereocenters. The number of nitrogens with one attached hydrogen (secondary N) is 1. The van der Waals surface area contributed by atoms with Crippen molar-refractivity contribution in [2.75, 3.05) is 27.3 Å². The van der Waals surface area contributed by atoms with Gasteiger partial charge < -0.3 is 24.1 Å². The fourth-order valence-corrected chi connectivity index (χ4v) is 8.08. The van der Waals surface area contributed by atoms with Gasteiger partial charge in [0.1, 0.15) is 0 Å². The molecule has 2 heterocycles. The highest BCUT2D eigenvalue weighted by Crippen LogP contribution is 2.40. The summed E-state index contributed by atoms with van der Waals surface area (Å²) in [6.45, 7) is 2.57. The summed E-state index contributed by atoms with van der Waals surface area (Å²) in [4.78, 5) is 2.66. The molecule has 2 N–H and O–H groups in total. The van der Waals surface area contributed by atoms with Crippen molar-refractivity contribution in [3.05, 3.63) is 149 Å². The molecule has 0 amide bonds. The average molecular weight is 721 g/mol. The van der Waals surface area contributed by atoms with Crippen molar-refractivity contribution in [3.63, 3.8) is 0 Å². The lowest BCUT2D eigenvalue weighted by Gasteiger charge is -2.39. The van der Waals surface area contributed by atoms with Gasteiger partial charge in [0, 0.05) is 38.2 Å². The van der Waals surface area contributed by atoms with Gasteiger partial charge in [-0.25, -0.2) is 13.1 Å². The van der Waals surface area contributed by atoms with Gasteiger partial charge in [-0.2, -0.15) is 0 Å². The zero-order chi connectivity index (χ0) is 36.1. The maximum absolute atomic E-state index is 12.9. The highest BCUT2D eigenvalue weighted by Gasteiger charge is 2.34. The van der Waals surface area contributed by atoms with E-state index >= 15 is 0 Å². The number of fused-ring (bicyclic) bond motifs is 1. The molecule has 0 aliphatic carbocycles. The number of nitrogens with zero attached hydrogens (tertiary/aromatic N) is 1. The number of benzene rings is 5. The fourth-order valence-electron chi connectivity index (χ4n) is 7.05. The van der Waals surface area contributed by atoms with E-state index in [9.17, 15) is 13.5 Å². The van der Waals surface area contributed by atoms with Gasteiger partial charge in [-0.15, -0.1) is 0 Å². The SMILES string of the molecule is COc1cc2c(cc1OC)CN(CC1CC(c3ccc(CO)cc3)OC(c3ccc(-c4ccccc4CNS(=O)(=O)c4ccccc4)cc3)O1)CC2. The Hall–Kier alpha value is -4.55. The number of ether oxygens (including phenoxy) is 4. The van der Waals surface area contributed by atoms with Crippen LogP contribution in [0.2, 0.25) is 0 Å². The number of methoxy groups -OCH3 is 2. The van der Waals surface area contributed by atoms with Gasteiger partial charge in [0.25, 0.3) is 0 Å². The summed E-state index contributed by atoms with van der Waals surface area (Å²) < 4.78 is 53.1. The molecule has 52 heavy (non-hydrogen) atoms. The Kier molecular flexibility index (Phi) is 11.0. The number of sulfonamides is 1. The van der Waals surface area contributed by atoms with Crippen molar-refractivity contribution >= 4 is 10.0 Å². The number of aliphatic hydroxyl groups is 1. The van der Waals surface area contributed by atoms with Crippen molar-refractivity contribution in [1.82, 2.24) is 9.62 Å². The van der Waals surface area contributed by atoms with Crippen LogP contribution in [0.5, 0.6) is 11.5 Å². The summed E-state index contributed by atoms with van der Waals surface area (Å²) in [5.41, 5.74) is 8.06. The van der Waals surface area contributed by atoms with E-state index < -0.39 is 16.3 Å². The van der Waals surface area contributed by atoms with Crippen molar-refractivity contribution in [3.8, 4) is 22.6 Å². The first kappa shape index (κ1) is 35.8. The highest BCUT2D eigenvalue weighted by atomic mass is 32.2. The summed E-state index contributed by atoms with van der Waals surface area (Å²) in [7, 11) is -0.329. The molecular weight excluding hydrogens is 677 g/mol. The smallest absolute Gasteiger partial charge is 0.240 e. The van der Waals surface area contributed by atoms with Gasteiger partial charge in [0.15, 0.2) is 17.8 Å². The zero-order valence-corrected chi connectivity index (χ0v) is 30.2. The van der Waals surface area contributed by atoms with E-state index in [0.29, 0.717) is 6.42 Å². The van der Waals surface area contributed by atoms with Gasteiger partial charge in [0.05, 0.1) is 37.9 Å². The predicted molar refractivity (Wildman–Crippen MR) is 199 cm³/mol. The van der Waals surface area contributed by atoms with Crippen LogP contribution in [0.15, 0.2) is 120 Å². The highest BCUT2D eigenvalue weighted by molar-refractivity contribution is 7.89. The molecule has 0 bridgehead atoms. The van der Waals surface area contributed by atoms with E-state index in [2.05, 4.69) is 21.8 Å². The molecule has 10 heteroatoms. The van der Waals surface area contributed by atoms with Crippen LogP contribution in [0.25, 0.3) is 11.1 Å². The lowest BCUT2D eigenvalue weighted by atomic mass is 9.96. The third-order valence-electron chi connectivity index (χ3n) is 9.89. The molecule has 0 saturated carbocycles. The maximum atomic E-state index is 12.9. The molecule has 7 rings (SSSR count). The Morgan fingerprint density at radius 3 is 2.19 bits per heavy atom. The van der Waals surface area contributed by atoms with E-state index in [1.807, 2.05) is 72.8 Å². The Balaban J connectivity index is 1.09. The molecule has 2 aliphatic rings. The minimum Gasteiger partial charge on any atom is -0.493 e. The summed E-state index contributed by atoms with van der Waals surface area (Å²) in [6, 6.07) is 36.4. The number of rotatable bonds is 12. The van der Waals surface area contributed by atoms with Crippen LogP contribution in [0.1, 0.15) is 52.2 Å². The lowest BCUT2D eigenvalue weighted by molar-refractivity contribution is -0.253. The molecule has 2 aliphatic heterocycles. The van der Waals surface area contributed by atoms with E-state index in [1.54, 1.807) is 44.6 Å². The van der Waals surface area contributed by atoms with Crippen LogP contribution in [-0.2, 0) is 45.6 Å². The Labute approximate surface area is 305 Å². The third-order valence-corrected chi connectivity index (χ3v) is 11.3. The van der Waals surface area contributed by atoms with Crippen LogP contribution in [-0.4, -0.2) is 51.8 Å². The molecule has 1 fully saturated rings. The van der Waals surface area contributed by atoms with Gasteiger partial charge >= 0.3 is 0 Å². The third kappa shape index (κ3) is 8.08. The van der Waals surface area contributed by atoms with Gasteiger partial charge in [-0.1, -0.05) is 91.0 Å². The molecular formula is C42H44N2O7S. The van der Waals surface area contributed by atoms with Crippen LogP contribution in [0.3, 0.4) is 0 Å². The Morgan fingerprint density at radius 1 is 0.808 bits per heavy atom. The summed E-state index contributed by atoms with van der Waals surface area (Å²) in [5.74, 6) is 1.49.